The van der Waals surface area contributed by atoms with Crippen LogP contribution in [0.25, 0.3) is 0 Å². The number of aryl methyl sites for hydroxylation is 1. The molecule has 1 atom stereocenters. The van der Waals surface area contributed by atoms with E-state index in [9.17, 15) is 0 Å². The first-order chi connectivity index (χ1) is 13.3. The van der Waals surface area contributed by atoms with Crippen molar-refractivity contribution in [2.45, 2.75) is 37.3 Å². The Bertz CT molecular complexity index is 787. The fraction of sp³-hybridized carbons (Fsp3) is 0.591. The molecule has 0 unspecified atom stereocenters. The Morgan fingerprint density at radius 3 is 2.63 bits per heavy atom. The summed E-state index contributed by atoms with van der Waals surface area (Å²) in [5, 5.41) is 0. The zero-order chi connectivity index (χ0) is 18.3. The van der Waals surface area contributed by atoms with Gasteiger partial charge in [0.2, 0.25) is 0 Å². The summed E-state index contributed by atoms with van der Waals surface area (Å²) >= 11 is 0. The first-order valence-corrected chi connectivity index (χ1v) is 10.3. The molecule has 27 heavy (non-hydrogen) atoms. The van der Waals surface area contributed by atoms with Crippen LogP contribution in [0, 0.1) is 0 Å². The van der Waals surface area contributed by atoms with E-state index in [0.29, 0.717) is 11.5 Å². The van der Waals surface area contributed by atoms with Crippen LogP contribution in [0.4, 0.5) is 0 Å². The number of hydrogen-bond acceptors (Lipinski definition) is 4. The number of piperidine rings is 1. The van der Waals surface area contributed by atoms with Gasteiger partial charge < -0.3 is 9.30 Å². The highest BCUT2D eigenvalue weighted by molar-refractivity contribution is 5.43. The molecular weight excluding hydrogens is 336 g/mol. The van der Waals surface area contributed by atoms with Crippen molar-refractivity contribution in [3.05, 3.63) is 53.6 Å². The third-order valence-electron chi connectivity index (χ3n) is 7.08. The Morgan fingerprint density at radius 2 is 1.89 bits per heavy atom. The van der Waals surface area contributed by atoms with Crippen molar-refractivity contribution in [3.63, 3.8) is 0 Å². The van der Waals surface area contributed by atoms with Crippen LogP contribution in [0.2, 0.25) is 0 Å². The van der Waals surface area contributed by atoms with Gasteiger partial charge in [-0.25, -0.2) is 4.98 Å². The highest BCUT2D eigenvalue weighted by Crippen LogP contribution is 2.52. The molecule has 2 saturated heterocycles. The van der Waals surface area contributed by atoms with Gasteiger partial charge >= 0.3 is 0 Å². The molecule has 1 spiro atoms. The normalized spacial score (nSPS) is 25.7. The molecule has 1 aromatic carbocycles. The molecular formula is C22H30N4O. The lowest BCUT2D eigenvalue weighted by Crippen LogP contribution is -2.43. The topological polar surface area (TPSA) is 33.5 Å². The maximum atomic E-state index is 5.60. The van der Waals surface area contributed by atoms with Gasteiger partial charge in [-0.2, -0.15) is 0 Å². The van der Waals surface area contributed by atoms with Gasteiger partial charge in [-0.05, 0) is 48.9 Å². The van der Waals surface area contributed by atoms with Gasteiger partial charge in [0.15, 0.2) is 0 Å². The summed E-state index contributed by atoms with van der Waals surface area (Å²) in [4.78, 5) is 9.54. The first-order valence-electron chi connectivity index (χ1n) is 10.3. The lowest BCUT2D eigenvalue weighted by atomic mass is 9.73. The summed E-state index contributed by atoms with van der Waals surface area (Å²) in [5.74, 6) is 0. The molecule has 0 saturated carbocycles. The third-order valence-corrected chi connectivity index (χ3v) is 7.08. The van der Waals surface area contributed by atoms with E-state index < -0.39 is 0 Å². The molecule has 1 aromatic heterocycles. The first kappa shape index (κ1) is 17.4. The molecule has 1 aliphatic carbocycles. The predicted octanol–water partition coefficient (Wildman–Crippen LogP) is 2.73. The molecule has 3 aliphatic rings. The number of morpholine rings is 1. The fourth-order valence-corrected chi connectivity index (χ4v) is 5.45. The Labute approximate surface area is 161 Å². The minimum Gasteiger partial charge on any atom is -0.379 e. The minimum absolute atomic E-state index is 0.364. The number of benzene rings is 1. The van der Waals surface area contributed by atoms with Crippen molar-refractivity contribution >= 4 is 0 Å². The van der Waals surface area contributed by atoms with E-state index in [-0.39, 0.29) is 0 Å². The number of aromatic nitrogens is 2. The van der Waals surface area contributed by atoms with Crippen LogP contribution in [0.5, 0.6) is 0 Å². The Hall–Kier alpha value is -1.69. The average molecular weight is 367 g/mol. The maximum Gasteiger partial charge on any atom is 0.0945 e. The van der Waals surface area contributed by atoms with Crippen LogP contribution in [0.15, 0.2) is 36.8 Å². The summed E-state index contributed by atoms with van der Waals surface area (Å²) in [6.45, 7) is 7.27. The SMILES string of the molecule is Cn1cncc1CN1CCC2(CC1)C[C@H](N1CCOCC1)c1ccccc12. The second-order valence-corrected chi connectivity index (χ2v) is 8.51. The van der Waals surface area contributed by atoms with Crippen molar-refractivity contribution in [1.82, 2.24) is 19.4 Å². The Balaban J connectivity index is 1.34. The van der Waals surface area contributed by atoms with Gasteiger partial charge in [0.05, 0.1) is 25.2 Å². The third kappa shape index (κ3) is 3.12. The van der Waals surface area contributed by atoms with Crippen molar-refractivity contribution in [2.24, 2.45) is 7.05 Å². The van der Waals surface area contributed by atoms with Gasteiger partial charge in [0.25, 0.3) is 0 Å². The van der Waals surface area contributed by atoms with E-state index in [1.807, 2.05) is 12.5 Å². The molecule has 0 radical (unpaired) electrons. The van der Waals surface area contributed by atoms with Crippen LogP contribution >= 0.6 is 0 Å². The average Bonchev–Trinajstić information content (AvgIpc) is 3.26. The molecule has 2 fully saturated rings. The molecule has 5 heteroatoms. The van der Waals surface area contributed by atoms with E-state index in [2.05, 4.69) is 50.7 Å². The predicted molar refractivity (Wildman–Crippen MR) is 106 cm³/mol. The molecule has 144 valence electrons. The standard InChI is InChI=1S/C22H30N4O/c1-24-17-23-15-18(24)16-25-8-6-22(7-9-25)14-21(26-10-12-27-13-11-26)19-4-2-3-5-20(19)22/h2-5,15,17,21H,6-14,16H2,1H3/t21-/m0/s1. The number of likely N-dealkylation sites (tertiary alicyclic amines) is 1. The lowest BCUT2D eigenvalue weighted by molar-refractivity contribution is 0.0102. The van der Waals surface area contributed by atoms with Gasteiger partial charge in [-0.3, -0.25) is 9.80 Å². The van der Waals surface area contributed by atoms with Crippen LogP contribution < -0.4 is 0 Å². The summed E-state index contributed by atoms with van der Waals surface area (Å²) < 4.78 is 7.74. The molecule has 2 aromatic rings. The van der Waals surface area contributed by atoms with Gasteiger partial charge in [0.1, 0.15) is 0 Å². The van der Waals surface area contributed by atoms with Crippen molar-refractivity contribution in [3.8, 4) is 0 Å². The number of hydrogen-bond donors (Lipinski definition) is 0. The van der Waals surface area contributed by atoms with E-state index in [0.717, 1.165) is 32.8 Å². The Morgan fingerprint density at radius 1 is 1.11 bits per heavy atom. The van der Waals surface area contributed by atoms with Gasteiger partial charge in [-0.1, -0.05) is 24.3 Å². The van der Waals surface area contributed by atoms with Crippen molar-refractivity contribution in [2.75, 3.05) is 39.4 Å². The summed E-state index contributed by atoms with van der Waals surface area (Å²) in [5.41, 5.74) is 4.88. The largest absolute Gasteiger partial charge is 0.379 e. The summed E-state index contributed by atoms with van der Waals surface area (Å²) in [6.07, 6.45) is 7.72. The number of rotatable bonds is 3. The summed E-state index contributed by atoms with van der Waals surface area (Å²) in [7, 11) is 2.09. The number of nitrogens with zero attached hydrogens (tertiary/aromatic N) is 4. The van der Waals surface area contributed by atoms with Crippen LogP contribution in [0.1, 0.15) is 42.1 Å². The van der Waals surface area contributed by atoms with E-state index in [4.69, 9.17) is 4.74 Å². The highest BCUT2D eigenvalue weighted by atomic mass is 16.5. The molecule has 0 amide bonds. The zero-order valence-corrected chi connectivity index (χ0v) is 16.3. The van der Waals surface area contributed by atoms with Crippen molar-refractivity contribution < 1.29 is 4.74 Å². The van der Waals surface area contributed by atoms with E-state index >= 15 is 0 Å². The van der Waals surface area contributed by atoms with Crippen LogP contribution in [-0.4, -0.2) is 58.7 Å². The Kier molecular flexibility index (Phi) is 4.54. The van der Waals surface area contributed by atoms with E-state index in [1.54, 1.807) is 11.1 Å². The maximum absolute atomic E-state index is 5.60. The summed E-state index contributed by atoms with van der Waals surface area (Å²) in [6, 6.07) is 9.83. The van der Waals surface area contributed by atoms with Crippen LogP contribution in [0.3, 0.4) is 0 Å². The molecule has 5 nitrogen and oxygen atoms in total. The molecule has 0 bridgehead atoms. The van der Waals surface area contributed by atoms with Crippen LogP contribution in [-0.2, 0) is 23.7 Å². The number of imidazole rings is 1. The second kappa shape index (κ2) is 7.04. The lowest BCUT2D eigenvalue weighted by Gasteiger charge is -2.41. The highest BCUT2D eigenvalue weighted by Gasteiger charge is 2.46. The number of ether oxygens (including phenoxy) is 1. The van der Waals surface area contributed by atoms with Crippen molar-refractivity contribution in [1.29, 1.82) is 0 Å². The quantitative estimate of drug-likeness (QED) is 0.836. The molecule has 3 heterocycles. The zero-order valence-electron chi connectivity index (χ0n) is 16.3. The van der Waals surface area contributed by atoms with Gasteiger partial charge in [-0.15, -0.1) is 0 Å². The minimum atomic E-state index is 0.364. The monoisotopic (exact) mass is 366 g/mol. The number of fused-ring (bicyclic) bond motifs is 2. The molecule has 2 aliphatic heterocycles. The second-order valence-electron chi connectivity index (χ2n) is 8.51. The van der Waals surface area contributed by atoms with E-state index in [1.165, 1.54) is 38.0 Å². The van der Waals surface area contributed by atoms with Gasteiger partial charge in [0, 0.05) is 38.9 Å². The molecule has 0 N–H and O–H groups in total. The molecule has 5 rings (SSSR count). The fourth-order valence-electron chi connectivity index (χ4n) is 5.45. The smallest absolute Gasteiger partial charge is 0.0945 e.